The van der Waals surface area contributed by atoms with Gasteiger partial charge in [-0.2, -0.15) is 13.2 Å². The summed E-state index contributed by atoms with van der Waals surface area (Å²) in [5, 5.41) is 9.08. The Morgan fingerprint density at radius 2 is 1.70 bits per heavy atom. The molecule has 0 saturated carbocycles. The SMILES string of the molecule is COCc1cc(CC(=O)O)cc(SN2CCN(c3ccc(C(F)(F)F)cc3)CC2)c1. The van der Waals surface area contributed by atoms with Crippen LogP contribution in [0.15, 0.2) is 47.4 Å². The molecule has 0 amide bonds. The van der Waals surface area contributed by atoms with E-state index in [9.17, 15) is 18.0 Å². The van der Waals surface area contributed by atoms with Gasteiger partial charge in [0, 0.05) is 43.9 Å². The zero-order valence-electron chi connectivity index (χ0n) is 16.5. The van der Waals surface area contributed by atoms with Crippen molar-refractivity contribution in [2.24, 2.45) is 0 Å². The minimum absolute atomic E-state index is 0.0488. The fraction of sp³-hybridized carbons (Fsp3) is 0.381. The van der Waals surface area contributed by atoms with Crippen LogP contribution < -0.4 is 4.90 Å². The molecule has 1 aliphatic heterocycles. The van der Waals surface area contributed by atoms with Crippen molar-refractivity contribution in [1.82, 2.24) is 4.31 Å². The van der Waals surface area contributed by atoms with E-state index in [4.69, 9.17) is 9.84 Å². The van der Waals surface area contributed by atoms with E-state index in [1.165, 1.54) is 12.1 Å². The Balaban J connectivity index is 1.61. The van der Waals surface area contributed by atoms with Crippen LogP contribution in [0.4, 0.5) is 18.9 Å². The molecule has 5 nitrogen and oxygen atoms in total. The van der Waals surface area contributed by atoms with Gasteiger partial charge in [-0.3, -0.25) is 4.79 Å². The topological polar surface area (TPSA) is 53.0 Å². The molecule has 9 heteroatoms. The van der Waals surface area contributed by atoms with Crippen LogP contribution in [-0.2, 0) is 28.7 Å². The van der Waals surface area contributed by atoms with Gasteiger partial charge in [0.15, 0.2) is 0 Å². The van der Waals surface area contributed by atoms with E-state index in [2.05, 4.69) is 9.21 Å². The van der Waals surface area contributed by atoms with Crippen molar-refractivity contribution < 1.29 is 27.8 Å². The lowest BCUT2D eigenvalue weighted by Gasteiger charge is -2.35. The van der Waals surface area contributed by atoms with E-state index in [0.717, 1.165) is 46.9 Å². The molecule has 0 atom stereocenters. The molecule has 1 aliphatic rings. The third kappa shape index (κ3) is 6.13. The second-order valence-corrected chi connectivity index (χ2v) is 8.21. The van der Waals surface area contributed by atoms with Gasteiger partial charge in [0.25, 0.3) is 0 Å². The van der Waals surface area contributed by atoms with Gasteiger partial charge >= 0.3 is 12.1 Å². The molecule has 1 fully saturated rings. The molecule has 2 aromatic carbocycles. The quantitative estimate of drug-likeness (QED) is 0.648. The van der Waals surface area contributed by atoms with Gasteiger partial charge in [0.1, 0.15) is 0 Å². The lowest BCUT2D eigenvalue weighted by Crippen LogP contribution is -2.43. The van der Waals surface area contributed by atoms with Crippen LogP contribution in [0.25, 0.3) is 0 Å². The Morgan fingerprint density at radius 3 is 2.27 bits per heavy atom. The van der Waals surface area contributed by atoms with Gasteiger partial charge in [0.2, 0.25) is 0 Å². The number of rotatable bonds is 7. The van der Waals surface area contributed by atoms with Crippen LogP contribution in [0.3, 0.4) is 0 Å². The van der Waals surface area contributed by atoms with Crippen LogP contribution in [0, 0.1) is 0 Å². The Morgan fingerprint density at radius 1 is 1.07 bits per heavy atom. The fourth-order valence-electron chi connectivity index (χ4n) is 3.36. The summed E-state index contributed by atoms with van der Waals surface area (Å²) in [5.74, 6) is -0.884. The van der Waals surface area contributed by atoms with Crippen LogP contribution in [0.1, 0.15) is 16.7 Å². The van der Waals surface area contributed by atoms with Crippen molar-refractivity contribution >= 4 is 23.6 Å². The highest BCUT2D eigenvalue weighted by Crippen LogP contribution is 2.32. The number of ether oxygens (including phenoxy) is 1. The number of hydrogen-bond acceptors (Lipinski definition) is 5. The highest BCUT2D eigenvalue weighted by atomic mass is 32.2. The summed E-state index contributed by atoms with van der Waals surface area (Å²) in [5.41, 5.74) is 1.78. The monoisotopic (exact) mass is 440 g/mol. The third-order valence-corrected chi connectivity index (χ3v) is 5.80. The van der Waals surface area contributed by atoms with Gasteiger partial charge in [-0.1, -0.05) is 6.07 Å². The maximum atomic E-state index is 12.7. The first-order valence-electron chi connectivity index (χ1n) is 9.43. The number of carboxylic acids is 1. The normalized spacial score (nSPS) is 15.4. The summed E-state index contributed by atoms with van der Waals surface area (Å²) < 4.78 is 45.6. The van der Waals surface area contributed by atoms with Crippen LogP contribution >= 0.6 is 11.9 Å². The van der Waals surface area contributed by atoms with E-state index in [1.54, 1.807) is 19.1 Å². The summed E-state index contributed by atoms with van der Waals surface area (Å²) in [6, 6.07) is 11.0. The molecular weight excluding hydrogens is 417 g/mol. The number of carboxylic acid groups (broad SMARTS) is 1. The number of hydrogen-bond donors (Lipinski definition) is 1. The summed E-state index contributed by atoms with van der Waals surface area (Å²) in [7, 11) is 1.59. The Bertz CT molecular complexity index is 867. The number of carbonyl (C=O) groups is 1. The second kappa shape index (κ2) is 9.72. The largest absolute Gasteiger partial charge is 0.481 e. The van der Waals surface area contributed by atoms with E-state index in [0.29, 0.717) is 19.7 Å². The van der Waals surface area contributed by atoms with E-state index in [1.807, 2.05) is 18.2 Å². The second-order valence-electron chi connectivity index (χ2n) is 7.04. The first-order valence-corrected chi connectivity index (χ1v) is 10.2. The molecule has 1 heterocycles. The van der Waals surface area contributed by atoms with E-state index in [-0.39, 0.29) is 6.42 Å². The number of nitrogens with zero attached hydrogens (tertiary/aromatic N) is 2. The van der Waals surface area contributed by atoms with Gasteiger partial charge in [-0.25, -0.2) is 4.31 Å². The molecule has 1 saturated heterocycles. The molecule has 0 aliphatic carbocycles. The minimum Gasteiger partial charge on any atom is -0.481 e. The predicted molar refractivity (Wildman–Crippen MR) is 110 cm³/mol. The average Bonchev–Trinajstić information content (AvgIpc) is 2.68. The van der Waals surface area contributed by atoms with Gasteiger partial charge in [0.05, 0.1) is 18.6 Å². The number of anilines is 1. The summed E-state index contributed by atoms with van der Waals surface area (Å²) in [6.07, 6.45) is -4.38. The summed E-state index contributed by atoms with van der Waals surface area (Å²) >= 11 is 1.56. The number of methoxy groups -OCH3 is 1. The van der Waals surface area contributed by atoms with Crippen molar-refractivity contribution in [2.75, 3.05) is 38.2 Å². The van der Waals surface area contributed by atoms with Crippen molar-refractivity contribution in [3.63, 3.8) is 0 Å². The first kappa shape index (κ1) is 22.5. The third-order valence-electron chi connectivity index (χ3n) is 4.73. The van der Waals surface area contributed by atoms with E-state index < -0.39 is 17.7 Å². The zero-order valence-corrected chi connectivity index (χ0v) is 17.3. The van der Waals surface area contributed by atoms with Crippen LogP contribution in [-0.4, -0.2) is 48.7 Å². The van der Waals surface area contributed by atoms with E-state index >= 15 is 0 Å². The number of halogens is 3. The van der Waals surface area contributed by atoms with Crippen molar-refractivity contribution in [2.45, 2.75) is 24.1 Å². The molecule has 0 spiro atoms. The Labute approximate surface area is 177 Å². The van der Waals surface area contributed by atoms with Gasteiger partial charge < -0.3 is 14.7 Å². The Kier molecular flexibility index (Phi) is 7.27. The minimum atomic E-state index is -4.33. The number of alkyl halides is 3. The van der Waals surface area contributed by atoms with Crippen molar-refractivity contribution in [3.8, 4) is 0 Å². The average molecular weight is 440 g/mol. The maximum Gasteiger partial charge on any atom is 0.416 e. The predicted octanol–water partition coefficient (Wildman–Crippen LogP) is 4.31. The molecule has 0 unspecified atom stereocenters. The van der Waals surface area contributed by atoms with Crippen molar-refractivity contribution in [3.05, 3.63) is 59.2 Å². The smallest absolute Gasteiger partial charge is 0.416 e. The van der Waals surface area contributed by atoms with Gasteiger partial charge in [-0.05, 0) is 59.5 Å². The standard InChI is InChI=1S/C21H23F3N2O3S/c1-29-14-16-10-15(13-20(27)28)11-19(12-16)30-26-8-6-25(7-9-26)18-4-2-17(3-5-18)21(22,23)24/h2-5,10-12H,6-9,13-14H2,1H3,(H,27,28). The fourth-order valence-corrected chi connectivity index (χ4v) is 4.41. The number of aliphatic carboxylic acids is 1. The lowest BCUT2D eigenvalue weighted by molar-refractivity contribution is -0.138. The summed E-state index contributed by atoms with van der Waals surface area (Å²) in [4.78, 5) is 14.1. The number of piperazine rings is 1. The maximum absolute atomic E-state index is 12.7. The molecule has 0 bridgehead atoms. The highest BCUT2D eigenvalue weighted by Gasteiger charge is 2.30. The molecule has 0 aromatic heterocycles. The van der Waals surface area contributed by atoms with Crippen molar-refractivity contribution in [1.29, 1.82) is 0 Å². The molecule has 30 heavy (non-hydrogen) atoms. The highest BCUT2D eigenvalue weighted by molar-refractivity contribution is 7.97. The molecular formula is C21H23F3N2O3S. The zero-order chi connectivity index (χ0) is 21.7. The van der Waals surface area contributed by atoms with Crippen LogP contribution in [0.5, 0.6) is 0 Å². The first-order chi connectivity index (χ1) is 14.2. The molecule has 0 radical (unpaired) electrons. The molecule has 1 N–H and O–H groups in total. The molecule has 2 aromatic rings. The van der Waals surface area contributed by atoms with Crippen LogP contribution in [0.2, 0.25) is 0 Å². The van der Waals surface area contributed by atoms with Gasteiger partial charge in [-0.15, -0.1) is 0 Å². The Hall–Kier alpha value is -2.23. The molecule has 162 valence electrons. The summed E-state index contributed by atoms with van der Waals surface area (Å²) in [6.45, 7) is 3.25. The number of benzene rings is 2. The molecule has 3 rings (SSSR count). The lowest BCUT2D eigenvalue weighted by atomic mass is 10.1.